The maximum absolute atomic E-state index is 10.5. The van der Waals surface area contributed by atoms with Crippen molar-refractivity contribution in [3.8, 4) is 0 Å². The van der Waals surface area contributed by atoms with Gasteiger partial charge in [0.1, 0.15) is 5.60 Å². The minimum absolute atomic E-state index is 0.134. The highest BCUT2D eigenvalue weighted by Gasteiger charge is 2.38. The lowest BCUT2D eigenvalue weighted by atomic mass is 9.96. The highest BCUT2D eigenvalue weighted by atomic mass is 35.5. The molecule has 1 aromatic carbocycles. The Labute approximate surface area is 129 Å². The van der Waals surface area contributed by atoms with E-state index in [2.05, 4.69) is 10.3 Å². The van der Waals surface area contributed by atoms with Crippen LogP contribution in [0.25, 0.3) is 10.9 Å². The Kier molecular flexibility index (Phi) is 4.13. The monoisotopic (exact) mass is 306 g/mol. The van der Waals surface area contributed by atoms with Crippen molar-refractivity contribution in [3.05, 3.63) is 41.0 Å². The van der Waals surface area contributed by atoms with E-state index in [1.807, 2.05) is 31.2 Å². The molecule has 0 spiro atoms. The second-order valence-corrected chi connectivity index (χ2v) is 5.98. The van der Waals surface area contributed by atoms with Crippen LogP contribution in [0.15, 0.2) is 30.5 Å². The van der Waals surface area contributed by atoms with Gasteiger partial charge >= 0.3 is 0 Å². The summed E-state index contributed by atoms with van der Waals surface area (Å²) in [6.07, 6.45) is 2.30. The van der Waals surface area contributed by atoms with E-state index in [4.69, 9.17) is 16.3 Å². The molecule has 2 N–H and O–H groups in total. The van der Waals surface area contributed by atoms with E-state index >= 15 is 0 Å². The molecule has 0 bridgehead atoms. The highest BCUT2D eigenvalue weighted by molar-refractivity contribution is 6.35. The number of nitrogens with one attached hydrogen (secondary N) is 1. The third kappa shape index (κ3) is 2.90. The number of ether oxygens (including phenoxy) is 1. The number of nitrogens with zero attached hydrogens (tertiary/aromatic N) is 1. The number of aromatic nitrogens is 1. The summed E-state index contributed by atoms with van der Waals surface area (Å²) in [4.78, 5) is 4.41. The van der Waals surface area contributed by atoms with Crippen molar-refractivity contribution >= 4 is 22.5 Å². The molecule has 2 unspecified atom stereocenters. The Hall–Kier alpha value is -1.20. The van der Waals surface area contributed by atoms with Crippen molar-refractivity contribution in [3.63, 3.8) is 0 Å². The number of aliphatic hydroxyl groups is 1. The third-order valence-corrected chi connectivity index (χ3v) is 4.54. The predicted octanol–water partition coefficient (Wildman–Crippen LogP) is 2.52. The van der Waals surface area contributed by atoms with E-state index in [-0.39, 0.29) is 6.10 Å². The third-order valence-electron chi connectivity index (χ3n) is 4.21. The van der Waals surface area contributed by atoms with Crippen LogP contribution < -0.4 is 5.32 Å². The van der Waals surface area contributed by atoms with Gasteiger partial charge in [-0.3, -0.25) is 4.98 Å². The molecule has 21 heavy (non-hydrogen) atoms. The zero-order valence-electron chi connectivity index (χ0n) is 12.0. The van der Waals surface area contributed by atoms with Crippen LogP contribution in [-0.2, 0) is 11.3 Å². The summed E-state index contributed by atoms with van der Waals surface area (Å²) in [5, 5.41) is 15.4. The number of pyridine rings is 1. The van der Waals surface area contributed by atoms with E-state index < -0.39 is 5.60 Å². The fourth-order valence-corrected chi connectivity index (χ4v) is 2.97. The minimum atomic E-state index is -0.782. The van der Waals surface area contributed by atoms with Gasteiger partial charge in [-0.15, -0.1) is 0 Å². The van der Waals surface area contributed by atoms with Crippen molar-refractivity contribution in [2.45, 2.75) is 31.6 Å². The van der Waals surface area contributed by atoms with Gasteiger partial charge in [-0.25, -0.2) is 0 Å². The molecule has 1 aliphatic rings. The first kappa shape index (κ1) is 14.7. The van der Waals surface area contributed by atoms with E-state index in [0.717, 1.165) is 16.5 Å². The van der Waals surface area contributed by atoms with Crippen LogP contribution in [0.1, 0.15) is 18.9 Å². The second-order valence-electron chi connectivity index (χ2n) is 5.58. The molecule has 0 amide bonds. The van der Waals surface area contributed by atoms with Gasteiger partial charge < -0.3 is 15.2 Å². The summed E-state index contributed by atoms with van der Waals surface area (Å²) in [6, 6.07) is 7.71. The summed E-state index contributed by atoms with van der Waals surface area (Å²) in [5.41, 5.74) is 1.20. The average molecular weight is 307 g/mol. The van der Waals surface area contributed by atoms with Crippen molar-refractivity contribution < 1.29 is 9.84 Å². The molecule has 0 radical (unpaired) electrons. The van der Waals surface area contributed by atoms with Crippen LogP contribution in [0.3, 0.4) is 0 Å². The Morgan fingerprint density at radius 2 is 2.33 bits per heavy atom. The van der Waals surface area contributed by atoms with Gasteiger partial charge in [0.2, 0.25) is 0 Å². The Balaban J connectivity index is 1.73. The van der Waals surface area contributed by atoms with Gasteiger partial charge in [-0.2, -0.15) is 0 Å². The molecule has 2 aromatic rings. The van der Waals surface area contributed by atoms with Crippen LogP contribution in [0.4, 0.5) is 0 Å². The lowest BCUT2D eigenvalue weighted by Crippen LogP contribution is -2.45. The van der Waals surface area contributed by atoms with Crippen LogP contribution >= 0.6 is 11.6 Å². The van der Waals surface area contributed by atoms with Crippen LogP contribution in [-0.4, -0.2) is 34.9 Å². The van der Waals surface area contributed by atoms with Gasteiger partial charge in [-0.05, 0) is 30.7 Å². The molecule has 1 fully saturated rings. The quantitative estimate of drug-likeness (QED) is 0.911. The van der Waals surface area contributed by atoms with Crippen LogP contribution in [0.2, 0.25) is 5.02 Å². The topological polar surface area (TPSA) is 54.4 Å². The van der Waals surface area contributed by atoms with Gasteiger partial charge in [0.25, 0.3) is 0 Å². The number of hydrogen-bond acceptors (Lipinski definition) is 4. The Morgan fingerprint density at radius 1 is 1.48 bits per heavy atom. The number of halogens is 1. The van der Waals surface area contributed by atoms with Crippen LogP contribution in [0.5, 0.6) is 0 Å². The van der Waals surface area contributed by atoms with Crippen molar-refractivity contribution in [1.82, 2.24) is 10.3 Å². The summed E-state index contributed by atoms with van der Waals surface area (Å²) in [5.74, 6) is 0. The fourth-order valence-electron chi connectivity index (χ4n) is 2.76. The van der Waals surface area contributed by atoms with Crippen molar-refractivity contribution in [2.24, 2.45) is 0 Å². The molecule has 5 heteroatoms. The summed E-state index contributed by atoms with van der Waals surface area (Å²) in [7, 11) is 0. The largest absolute Gasteiger partial charge is 0.386 e. The molecule has 1 aromatic heterocycles. The van der Waals surface area contributed by atoms with E-state index in [9.17, 15) is 5.11 Å². The first-order valence-electron chi connectivity index (χ1n) is 7.17. The summed E-state index contributed by atoms with van der Waals surface area (Å²) >= 11 is 6.19. The van der Waals surface area contributed by atoms with Gasteiger partial charge in [0, 0.05) is 42.7 Å². The number of fused-ring (bicyclic) bond motifs is 1. The lowest BCUT2D eigenvalue weighted by molar-refractivity contribution is -0.0262. The molecule has 2 atom stereocenters. The van der Waals surface area contributed by atoms with Crippen molar-refractivity contribution in [1.29, 1.82) is 0 Å². The molecule has 3 rings (SSSR count). The molecule has 1 saturated heterocycles. The first-order chi connectivity index (χ1) is 10.1. The molecular weight excluding hydrogens is 288 g/mol. The summed E-state index contributed by atoms with van der Waals surface area (Å²) < 4.78 is 5.44. The normalized spacial score (nSPS) is 25.6. The van der Waals surface area contributed by atoms with E-state index in [1.54, 1.807) is 6.20 Å². The fraction of sp³-hybridized carbons (Fsp3) is 0.438. The zero-order valence-corrected chi connectivity index (χ0v) is 12.7. The molecule has 0 saturated carbocycles. The lowest BCUT2D eigenvalue weighted by Gasteiger charge is -2.26. The van der Waals surface area contributed by atoms with Crippen LogP contribution in [0, 0.1) is 0 Å². The maximum atomic E-state index is 10.5. The molecular formula is C16H19ClN2O2. The minimum Gasteiger partial charge on any atom is -0.386 e. The standard InChI is InChI=1S/C16H19ClN2O2/c1-11-16(20,6-8-21-11)10-18-9-12-4-5-14(17)13-3-2-7-19-15(12)13/h2-5,7,11,18,20H,6,8-10H2,1H3. The Morgan fingerprint density at radius 3 is 3.10 bits per heavy atom. The van der Waals surface area contributed by atoms with Gasteiger partial charge in [0.05, 0.1) is 11.6 Å². The first-order valence-corrected chi connectivity index (χ1v) is 7.55. The van der Waals surface area contributed by atoms with Gasteiger partial charge in [0.15, 0.2) is 0 Å². The van der Waals surface area contributed by atoms with Gasteiger partial charge in [-0.1, -0.05) is 17.7 Å². The molecule has 1 aliphatic heterocycles. The SMILES string of the molecule is CC1OCCC1(O)CNCc1ccc(Cl)c2cccnc12. The average Bonchev–Trinajstić information content (AvgIpc) is 2.82. The molecule has 2 heterocycles. The molecule has 0 aliphatic carbocycles. The smallest absolute Gasteiger partial charge is 0.105 e. The number of rotatable bonds is 4. The number of benzene rings is 1. The second kappa shape index (κ2) is 5.89. The van der Waals surface area contributed by atoms with E-state index in [1.165, 1.54) is 0 Å². The van der Waals surface area contributed by atoms with Crippen molar-refractivity contribution in [2.75, 3.05) is 13.2 Å². The molecule has 4 nitrogen and oxygen atoms in total. The number of hydrogen-bond donors (Lipinski definition) is 2. The summed E-state index contributed by atoms with van der Waals surface area (Å²) in [6.45, 7) is 3.67. The van der Waals surface area contributed by atoms with E-state index in [0.29, 0.717) is 31.1 Å². The Bertz CT molecular complexity index is 649. The highest BCUT2D eigenvalue weighted by Crippen LogP contribution is 2.26. The zero-order chi connectivity index (χ0) is 14.9. The molecule has 112 valence electrons. The maximum Gasteiger partial charge on any atom is 0.105 e. The predicted molar refractivity (Wildman–Crippen MR) is 83.4 cm³/mol.